The number of halogens is 1. The molecule has 170 valence electrons. The van der Waals surface area contributed by atoms with Crippen LogP contribution in [0.2, 0.25) is 0 Å². The maximum Gasteiger partial charge on any atom is 0.319 e. The minimum Gasteiger partial charge on any atom is -0.329 e. The molecule has 3 aromatic carbocycles. The van der Waals surface area contributed by atoms with Crippen molar-refractivity contribution in [3.05, 3.63) is 90.2 Å². The molecule has 3 aromatic rings. The number of hydrogen-bond donors (Lipinski definition) is 3. The van der Waals surface area contributed by atoms with E-state index in [9.17, 15) is 18.8 Å². The molecule has 33 heavy (non-hydrogen) atoms. The van der Waals surface area contributed by atoms with Crippen LogP contribution in [0.1, 0.15) is 12.5 Å². The van der Waals surface area contributed by atoms with Crippen LogP contribution in [-0.2, 0) is 9.59 Å². The molecular weight excluding hydrogens is 423 g/mol. The lowest BCUT2D eigenvalue weighted by Gasteiger charge is -2.29. The monoisotopic (exact) mass is 448 g/mol. The van der Waals surface area contributed by atoms with Crippen LogP contribution in [0.4, 0.5) is 26.2 Å². The average molecular weight is 448 g/mol. The molecule has 1 unspecified atom stereocenters. The lowest BCUT2D eigenvalue weighted by molar-refractivity contribution is -0.122. The van der Waals surface area contributed by atoms with Crippen LogP contribution in [0, 0.1) is 12.7 Å². The number of nitrogens with zero attached hydrogens (tertiary/aromatic N) is 1. The average Bonchev–Trinajstić information content (AvgIpc) is 2.80. The molecular formula is C25H25FN4O3. The third-order valence-corrected chi connectivity index (χ3v) is 4.88. The molecule has 0 fully saturated rings. The number of urea groups is 1. The Kier molecular flexibility index (Phi) is 7.75. The van der Waals surface area contributed by atoms with Crippen LogP contribution in [0.3, 0.4) is 0 Å². The molecule has 8 heteroatoms. The molecule has 1 atom stereocenters. The van der Waals surface area contributed by atoms with Gasteiger partial charge in [0, 0.05) is 11.4 Å². The minimum absolute atomic E-state index is 0.0190. The maximum absolute atomic E-state index is 14.0. The van der Waals surface area contributed by atoms with E-state index in [0.717, 1.165) is 5.56 Å². The van der Waals surface area contributed by atoms with Gasteiger partial charge in [-0.05, 0) is 55.8 Å². The highest BCUT2D eigenvalue weighted by Crippen LogP contribution is 2.19. The van der Waals surface area contributed by atoms with E-state index in [0.29, 0.717) is 11.4 Å². The van der Waals surface area contributed by atoms with Gasteiger partial charge in [0.2, 0.25) is 11.8 Å². The number of para-hydroxylation sites is 2. The van der Waals surface area contributed by atoms with E-state index in [-0.39, 0.29) is 12.2 Å². The van der Waals surface area contributed by atoms with E-state index in [1.165, 1.54) is 30.0 Å². The lowest BCUT2D eigenvalue weighted by atomic mass is 10.2. The number of aryl methyl sites for hydroxylation is 1. The fraction of sp³-hybridized carbons (Fsp3) is 0.160. The van der Waals surface area contributed by atoms with Crippen molar-refractivity contribution in [1.82, 2.24) is 5.32 Å². The van der Waals surface area contributed by atoms with Crippen LogP contribution in [0.25, 0.3) is 0 Å². The van der Waals surface area contributed by atoms with Gasteiger partial charge < -0.3 is 16.0 Å². The van der Waals surface area contributed by atoms with Gasteiger partial charge in [0.25, 0.3) is 0 Å². The van der Waals surface area contributed by atoms with Crippen LogP contribution < -0.4 is 20.9 Å². The van der Waals surface area contributed by atoms with Gasteiger partial charge in [-0.25, -0.2) is 9.18 Å². The second-order valence-corrected chi connectivity index (χ2v) is 7.42. The Morgan fingerprint density at radius 3 is 2.30 bits per heavy atom. The van der Waals surface area contributed by atoms with E-state index in [1.807, 2.05) is 19.1 Å². The van der Waals surface area contributed by atoms with Crippen molar-refractivity contribution in [2.24, 2.45) is 0 Å². The van der Waals surface area contributed by atoms with Gasteiger partial charge in [-0.1, -0.05) is 42.5 Å². The molecule has 0 aliphatic rings. The SMILES string of the molecule is Cc1cccc(NC(=O)NCC(=O)N(c2ccccc2)C(C)C(=O)Nc2ccccc2F)c1. The third kappa shape index (κ3) is 6.39. The number of rotatable bonds is 7. The fourth-order valence-electron chi connectivity index (χ4n) is 3.23. The summed E-state index contributed by atoms with van der Waals surface area (Å²) in [4.78, 5) is 39.4. The highest BCUT2D eigenvalue weighted by molar-refractivity contribution is 6.06. The first-order chi connectivity index (χ1) is 15.8. The molecule has 0 aliphatic heterocycles. The molecule has 7 nitrogen and oxygen atoms in total. The first-order valence-corrected chi connectivity index (χ1v) is 10.4. The zero-order chi connectivity index (χ0) is 23.8. The van der Waals surface area contributed by atoms with E-state index in [1.54, 1.807) is 48.5 Å². The first kappa shape index (κ1) is 23.5. The minimum atomic E-state index is -0.971. The molecule has 0 spiro atoms. The van der Waals surface area contributed by atoms with E-state index in [4.69, 9.17) is 0 Å². The van der Waals surface area contributed by atoms with Crippen LogP contribution in [0.15, 0.2) is 78.9 Å². The number of carbonyl (C=O) groups is 3. The summed E-state index contributed by atoms with van der Waals surface area (Å²) in [6, 6.07) is 20.1. The van der Waals surface area contributed by atoms with Gasteiger partial charge in [0.05, 0.1) is 12.2 Å². The molecule has 0 saturated carbocycles. The second kappa shape index (κ2) is 10.9. The lowest BCUT2D eigenvalue weighted by Crippen LogP contribution is -2.50. The number of benzene rings is 3. The zero-order valence-electron chi connectivity index (χ0n) is 18.3. The first-order valence-electron chi connectivity index (χ1n) is 10.4. The topological polar surface area (TPSA) is 90.5 Å². The van der Waals surface area contributed by atoms with Crippen molar-refractivity contribution in [3.8, 4) is 0 Å². The number of anilines is 3. The normalized spacial score (nSPS) is 11.2. The Bertz CT molecular complexity index is 1140. The maximum atomic E-state index is 14.0. The summed E-state index contributed by atoms with van der Waals surface area (Å²) >= 11 is 0. The van der Waals surface area contributed by atoms with Gasteiger partial charge in [0.15, 0.2) is 0 Å². The van der Waals surface area contributed by atoms with Crippen LogP contribution >= 0.6 is 0 Å². The fourth-order valence-corrected chi connectivity index (χ4v) is 3.23. The summed E-state index contributed by atoms with van der Waals surface area (Å²) in [5, 5.41) is 7.70. The molecule has 0 aromatic heterocycles. The smallest absolute Gasteiger partial charge is 0.319 e. The number of nitrogens with one attached hydrogen (secondary N) is 3. The highest BCUT2D eigenvalue weighted by Gasteiger charge is 2.28. The summed E-state index contributed by atoms with van der Waals surface area (Å²) in [6.07, 6.45) is 0. The largest absolute Gasteiger partial charge is 0.329 e. The van der Waals surface area contributed by atoms with Crippen molar-refractivity contribution in [1.29, 1.82) is 0 Å². The van der Waals surface area contributed by atoms with Gasteiger partial charge in [0.1, 0.15) is 11.9 Å². The third-order valence-electron chi connectivity index (χ3n) is 4.88. The summed E-state index contributed by atoms with van der Waals surface area (Å²) < 4.78 is 14.0. The van der Waals surface area contributed by atoms with Crippen LogP contribution in [0.5, 0.6) is 0 Å². The molecule has 0 saturated heterocycles. The molecule has 0 radical (unpaired) electrons. The Labute approximate surface area is 191 Å². The molecule has 3 N–H and O–H groups in total. The molecule has 0 aliphatic carbocycles. The summed E-state index contributed by atoms with van der Waals surface area (Å²) in [5.74, 6) is -1.65. The van der Waals surface area contributed by atoms with Gasteiger partial charge in [-0.3, -0.25) is 14.5 Å². The van der Waals surface area contributed by atoms with Crippen molar-refractivity contribution < 1.29 is 18.8 Å². The van der Waals surface area contributed by atoms with Crippen molar-refractivity contribution in [2.45, 2.75) is 19.9 Å². The highest BCUT2D eigenvalue weighted by atomic mass is 19.1. The second-order valence-electron chi connectivity index (χ2n) is 7.42. The Hall–Kier alpha value is -4.20. The zero-order valence-corrected chi connectivity index (χ0v) is 18.3. The summed E-state index contributed by atoms with van der Waals surface area (Å²) in [6.45, 7) is 3.09. The van der Waals surface area contributed by atoms with Gasteiger partial charge in [-0.15, -0.1) is 0 Å². The predicted octanol–water partition coefficient (Wildman–Crippen LogP) is 4.32. The molecule has 3 rings (SSSR count). The van der Waals surface area contributed by atoms with Crippen molar-refractivity contribution >= 4 is 34.9 Å². The molecule has 0 heterocycles. The van der Waals surface area contributed by atoms with Gasteiger partial charge in [-0.2, -0.15) is 0 Å². The number of hydrogen-bond acceptors (Lipinski definition) is 3. The predicted molar refractivity (Wildman–Crippen MR) is 127 cm³/mol. The number of carbonyl (C=O) groups excluding carboxylic acids is 3. The Morgan fingerprint density at radius 2 is 1.61 bits per heavy atom. The summed E-state index contributed by atoms with van der Waals surface area (Å²) in [5.41, 5.74) is 2.07. The van der Waals surface area contributed by atoms with E-state index in [2.05, 4.69) is 16.0 Å². The molecule has 0 bridgehead atoms. The quantitative estimate of drug-likeness (QED) is 0.503. The standard InChI is InChI=1S/C25H25FN4O3/c1-17-9-8-10-19(15-17)28-25(33)27-16-23(31)30(20-11-4-3-5-12-20)18(2)24(32)29-22-14-7-6-13-21(22)26/h3-15,18H,16H2,1-2H3,(H,29,32)(H2,27,28,33). The van der Waals surface area contributed by atoms with Crippen LogP contribution in [-0.4, -0.2) is 30.4 Å². The molecule has 4 amide bonds. The van der Waals surface area contributed by atoms with Crippen molar-refractivity contribution in [2.75, 3.05) is 22.1 Å². The van der Waals surface area contributed by atoms with E-state index < -0.39 is 29.7 Å². The Balaban J connectivity index is 1.70. The van der Waals surface area contributed by atoms with Crippen molar-refractivity contribution in [3.63, 3.8) is 0 Å². The van der Waals surface area contributed by atoms with E-state index >= 15 is 0 Å². The van der Waals surface area contributed by atoms with Gasteiger partial charge >= 0.3 is 6.03 Å². The summed E-state index contributed by atoms with van der Waals surface area (Å²) in [7, 11) is 0. The Morgan fingerprint density at radius 1 is 0.909 bits per heavy atom. The number of amides is 4.